The maximum absolute atomic E-state index is 6.99. The summed E-state index contributed by atoms with van der Waals surface area (Å²) in [6.07, 6.45) is 0. The van der Waals surface area contributed by atoms with Gasteiger partial charge in [0.15, 0.2) is 0 Å². The Kier molecular flexibility index (Phi) is 5.28. The van der Waals surface area contributed by atoms with E-state index in [2.05, 4.69) is 148 Å². The van der Waals surface area contributed by atoms with E-state index >= 15 is 0 Å². The van der Waals surface area contributed by atoms with E-state index < -0.39 is 7.92 Å². The lowest BCUT2D eigenvalue weighted by atomic mass is 10.1. The molecule has 0 spiro atoms. The smallest absolute Gasteiger partial charge is 0.0581 e. The third-order valence-electron chi connectivity index (χ3n) is 8.22. The second kappa shape index (κ2) is 9.11. The zero-order valence-electron chi connectivity index (χ0n) is 22.2. The Morgan fingerprint density at radius 3 is 1.02 bits per heavy atom. The van der Waals surface area contributed by atoms with E-state index in [0.717, 1.165) is 39.8 Å². The third-order valence-corrected chi connectivity index (χ3v) is 11.4. The van der Waals surface area contributed by atoms with Crippen molar-refractivity contribution in [3.05, 3.63) is 144 Å². The van der Waals surface area contributed by atoms with Gasteiger partial charge in [-0.1, -0.05) is 83.9 Å². The molecule has 0 aliphatic carbocycles. The lowest BCUT2D eigenvalue weighted by Crippen LogP contribution is -2.45. The SMILES string of the molecule is Clc1cc2c3c(c1)N(c1ccccc1)c1cc(Cl)cc4c1P3c1c(cccc1N4c1ccccc1)N2c1ccccc1. The lowest BCUT2D eigenvalue weighted by Gasteiger charge is -2.50. The van der Waals surface area contributed by atoms with Gasteiger partial charge in [0.25, 0.3) is 0 Å². The van der Waals surface area contributed by atoms with Gasteiger partial charge in [0.2, 0.25) is 0 Å². The minimum atomic E-state index is -0.922. The summed E-state index contributed by atoms with van der Waals surface area (Å²) < 4.78 is 0. The van der Waals surface area contributed by atoms with Crippen LogP contribution in [0.5, 0.6) is 0 Å². The molecule has 6 heteroatoms. The highest BCUT2D eigenvalue weighted by atomic mass is 35.5. The molecule has 6 aromatic rings. The maximum atomic E-state index is 6.99. The molecule has 0 radical (unpaired) electrons. The van der Waals surface area contributed by atoms with E-state index in [-0.39, 0.29) is 0 Å². The van der Waals surface area contributed by atoms with Gasteiger partial charge in [0.1, 0.15) is 0 Å². The van der Waals surface area contributed by atoms with Gasteiger partial charge in [-0.05, 0) is 72.8 Å². The number of hydrogen-bond acceptors (Lipinski definition) is 3. The van der Waals surface area contributed by atoms with Crippen molar-refractivity contribution in [2.45, 2.75) is 0 Å². The molecule has 0 amide bonds. The fraction of sp³-hybridized carbons (Fsp3) is 0. The van der Waals surface area contributed by atoms with E-state index in [4.69, 9.17) is 23.2 Å². The first kappa shape index (κ1) is 24.3. The standard InChI is InChI=1S/C36H22Cl2N3P/c37-23-19-30-35-32(21-23)41(27-15-8-3-9-16-27)33-22-24(38)20-31-36(33)42(35)34-28(39(30)25-11-4-1-5-12-25)17-10-18-29(34)40(31)26-13-6-2-7-14-26/h1-22H. The second-order valence-electron chi connectivity index (χ2n) is 10.6. The topological polar surface area (TPSA) is 9.72 Å². The molecule has 0 atom stereocenters. The average Bonchev–Trinajstić information content (AvgIpc) is 3.02. The summed E-state index contributed by atoms with van der Waals surface area (Å²) in [7, 11) is -0.922. The summed E-state index contributed by atoms with van der Waals surface area (Å²) in [5, 5.41) is 5.37. The molecule has 0 saturated carbocycles. The predicted octanol–water partition coefficient (Wildman–Crippen LogP) is 10.1. The van der Waals surface area contributed by atoms with Gasteiger partial charge in [-0.25, -0.2) is 0 Å². The molecule has 3 aliphatic rings. The van der Waals surface area contributed by atoms with E-state index in [1.165, 1.54) is 27.3 Å². The Bertz CT molecular complexity index is 1910. The van der Waals surface area contributed by atoms with Crippen molar-refractivity contribution in [1.29, 1.82) is 0 Å². The lowest BCUT2D eigenvalue weighted by molar-refractivity contribution is 1.23. The molecule has 0 N–H and O–H groups in total. The molecule has 0 aromatic heterocycles. The molecule has 3 aliphatic heterocycles. The van der Waals surface area contributed by atoms with Crippen molar-refractivity contribution in [3.63, 3.8) is 0 Å². The van der Waals surface area contributed by atoms with Gasteiger partial charge in [0.05, 0.1) is 34.1 Å². The summed E-state index contributed by atoms with van der Waals surface area (Å²) in [4.78, 5) is 7.13. The Hall–Kier alpha value is -4.27. The minimum absolute atomic E-state index is 0.703. The van der Waals surface area contributed by atoms with Crippen molar-refractivity contribution in [1.82, 2.24) is 0 Å². The molecule has 6 aromatic carbocycles. The first-order chi connectivity index (χ1) is 20.7. The van der Waals surface area contributed by atoms with Crippen molar-refractivity contribution in [3.8, 4) is 0 Å². The van der Waals surface area contributed by atoms with Gasteiger partial charge in [-0.15, -0.1) is 0 Å². The van der Waals surface area contributed by atoms with E-state index in [1.54, 1.807) is 0 Å². The molecule has 0 bridgehead atoms. The van der Waals surface area contributed by atoms with Crippen LogP contribution in [-0.4, -0.2) is 0 Å². The van der Waals surface area contributed by atoms with Crippen LogP contribution in [0.15, 0.2) is 133 Å². The number of hydrogen-bond donors (Lipinski definition) is 0. The molecule has 0 saturated heterocycles. The van der Waals surface area contributed by atoms with Crippen LogP contribution in [0.1, 0.15) is 0 Å². The Labute approximate surface area is 255 Å². The summed E-state index contributed by atoms with van der Waals surface area (Å²) >= 11 is 14.0. The fourth-order valence-electron chi connectivity index (χ4n) is 6.68. The molecule has 3 nitrogen and oxygen atoms in total. The number of anilines is 9. The van der Waals surface area contributed by atoms with Crippen LogP contribution >= 0.6 is 31.1 Å². The molecule has 3 heterocycles. The quantitative estimate of drug-likeness (QED) is 0.188. The monoisotopic (exact) mass is 597 g/mol. The van der Waals surface area contributed by atoms with E-state index in [1.807, 2.05) is 0 Å². The van der Waals surface area contributed by atoms with Gasteiger partial charge in [-0.3, -0.25) is 0 Å². The largest absolute Gasteiger partial charge is 0.309 e. The van der Waals surface area contributed by atoms with Crippen molar-refractivity contribution in [2.75, 3.05) is 14.7 Å². The molecule has 200 valence electrons. The summed E-state index contributed by atoms with van der Waals surface area (Å²) in [6, 6.07) is 47.0. The Morgan fingerprint density at radius 2 is 0.667 bits per heavy atom. The summed E-state index contributed by atoms with van der Waals surface area (Å²) in [5.41, 5.74) is 10.1. The average molecular weight is 598 g/mol. The molecular weight excluding hydrogens is 576 g/mol. The van der Waals surface area contributed by atoms with Crippen molar-refractivity contribution < 1.29 is 0 Å². The van der Waals surface area contributed by atoms with Gasteiger partial charge < -0.3 is 14.7 Å². The van der Waals surface area contributed by atoms with Gasteiger partial charge in [-0.2, -0.15) is 0 Å². The number of nitrogens with zero attached hydrogens (tertiary/aromatic N) is 3. The minimum Gasteiger partial charge on any atom is -0.309 e. The molecule has 42 heavy (non-hydrogen) atoms. The maximum Gasteiger partial charge on any atom is 0.0581 e. The van der Waals surface area contributed by atoms with Gasteiger partial charge >= 0.3 is 0 Å². The molecular formula is C36H22Cl2N3P. The first-order valence-electron chi connectivity index (χ1n) is 13.8. The van der Waals surface area contributed by atoms with Crippen LogP contribution in [0.3, 0.4) is 0 Å². The van der Waals surface area contributed by atoms with Crippen LogP contribution in [0, 0.1) is 0 Å². The van der Waals surface area contributed by atoms with Crippen molar-refractivity contribution >= 4 is 98.2 Å². The van der Waals surface area contributed by atoms with Crippen LogP contribution < -0.4 is 30.6 Å². The molecule has 9 rings (SSSR count). The second-order valence-corrected chi connectivity index (χ2v) is 13.5. The normalized spacial score (nSPS) is 14.2. The van der Waals surface area contributed by atoms with Crippen molar-refractivity contribution in [2.24, 2.45) is 0 Å². The zero-order chi connectivity index (χ0) is 27.9. The highest BCUT2D eigenvalue weighted by Gasteiger charge is 2.47. The van der Waals surface area contributed by atoms with Gasteiger partial charge in [0, 0.05) is 50.9 Å². The Balaban J connectivity index is 1.47. The zero-order valence-corrected chi connectivity index (χ0v) is 24.7. The number of rotatable bonds is 3. The van der Waals surface area contributed by atoms with E-state index in [0.29, 0.717) is 10.0 Å². The fourth-order valence-corrected chi connectivity index (χ4v) is 10.1. The number of benzene rings is 6. The summed E-state index contributed by atoms with van der Waals surface area (Å²) in [5.74, 6) is 0. The molecule has 0 fully saturated rings. The highest BCUT2D eigenvalue weighted by molar-refractivity contribution is 7.82. The first-order valence-corrected chi connectivity index (χ1v) is 15.9. The van der Waals surface area contributed by atoms with Crippen LogP contribution in [0.25, 0.3) is 0 Å². The molecule has 0 unspecified atom stereocenters. The van der Waals surface area contributed by atoms with Crippen LogP contribution in [0.4, 0.5) is 51.2 Å². The third kappa shape index (κ3) is 3.33. The summed E-state index contributed by atoms with van der Waals surface area (Å²) in [6.45, 7) is 0. The highest BCUT2D eigenvalue weighted by Crippen LogP contribution is 2.63. The van der Waals surface area contributed by atoms with Crippen LogP contribution in [-0.2, 0) is 0 Å². The predicted molar refractivity (Wildman–Crippen MR) is 180 cm³/mol. The van der Waals surface area contributed by atoms with E-state index in [9.17, 15) is 0 Å². The van der Waals surface area contributed by atoms with Crippen LogP contribution in [0.2, 0.25) is 10.0 Å². The number of para-hydroxylation sites is 3. The number of halogens is 2. The Morgan fingerprint density at radius 1 is 0.357 bits per heavy atom.